The molecule has 1 nitrogen and oxygen atoms in total. The SMILES string of the molecule is Cc1ccc(-c2ccc(CC(C)(C)C)cn2)c(C)c1. The van der Waals surface area contributed by atoms with Crippen molar-refractivity contribution in [3.05, 3.63) is 53.2 Å². The monoisotopic (exact) mass is 253 g/mol. The van der Waals surface area contributed by atoms with Gasteiger partial charge in [0.15, 0.2) is 0 Å². The van der Waals surface area contributed by atoms with Crippen LogP contribution in [0.2, 0.25) is 0 Å². The number of hydrogen-bond acceptors (Lipinski definition) is 1. The van der Waals surface area contributed by atoms with E-state index in [1.807, 2.05) is 6.20 Å². The van der Waals surface area contributed by atoms with Crippen LogP contribution in [0, 0.1) is 19.3 Å². The Kier molecular flexibility index (Phi) is 3.75. The Morgan fingerprint density at radius 3 is 2.26 bits per heavy atom. The fourth-order valence-corrected chi connectivity index (χ4v) is 2.40. The number of aryl methyl sites for hydroxylation is 2. The summed E-state index contributed by atoms with van der Waals surface area (Å²) >= 11 is 0. The van der Waals surface area contributed by atoms with Crippen LogP contribution in [-0.4, -0.2) is 4.98 Å². The second kappa shape index (κ2) is 5.16. The Labute approximate surface area is 116 Å². The Morgan fingerprint density at radius 2 is 1.74 bits per heavy atom. The number of pyridine rings is 1. The number of benzene rings is 1. The molecule has 0 atom stereocenters. The van der Waals surface area contributed by atoms with E-state index in [1.165, 1.54) is 22.3 Å². The van der Waals surface area contributed by atoms with E-state index in [-0.39, 0.29) is 0 Å². The predicted octanol–water partition coefficient (Wildman–Crippen LogP) is 4.95. The molecule has 0 amide bonds. The summed E-state index contributed by atoms with van der Waals surface area (Å²) in [6, 6.07) is 10.9. The molecule has 0 spiro atoms. The maximum atomic E-state index is 4.62. The largest absolute Gasteiger partial charge is 0.256 e. The summed E-state index contributed by atoms with van der Waals surface area (Å²) in [6.45, 7) is 11.0. The molecular weight excluding hydrogens is 230 g/mol. The molecular formula is C18H23N. The van der Waals surface area contributed by atoms with Crippen LogP contribution in [0.25, 0.3) is 11.3 Å². The molecule has 0 unspecified atom stereocenters. The van der Waals surface area contributed by atoms with Crippen molar-refractivity contribution in [3.63, 3.8) is 0 Å². The van der Waals surface area contributed by atoms with E-state index in [0.29, 0.717) is 5.41 Å². The highest BCUT2D eigenvalue weighted by Crippen LogP contribution is 2.24. The zero-order valence-corrected chi connectivity index (χ0v) is 12.6. The van der Waals surface area contributed by atoms with Gasteiger partial charge in [0.25, 0.3) is 0 Å². The molecule has 0 fully saturated rings. The normalized spacial score (nSPS) is 11.6. The van der Waals surface area contributed by atoms with Gasteiger partial charge < -0.3 is 0 Å². The fraction of sp³-hybridized carbons (Fsp3) is 0.389. The van der Waals surface area contributed by atoms with Gasteiger partial charge >= 0.3 is 0 Å². The first-order chi connectivity index (χ1) is 8.85. The summed E-state index contributed by atoms with van der Waals surface area (Å²) < 4.78 is 0. The average molecular weight is 253 g/mol. The first-order valence-electron chi connectivity index (χ1n) is 6.88. The Bertz CT molecular complexity index is 559. The second-order valence-corrected chi connectivity index (χ2v) is 6.61. The maximum Gasteiger partial charge on any atom is 0.0704 e. The topological polar surface area (TPSA) is 12.9 Å². The fourth-order valence-electron chi connectivity index (χ4n) is 2.40. The Morgan fingerprint density at radius 1 is 1.00 bits per heavy atom. The zero-order chi connectivity index (χ0) is 14.0. The molecule has 19 heavy (non-hydrogen) atoms. The van der Waals surface area contributed by atoms with Gasteiger partial charge in [-0.05, 0) is 42.9 Å². The van der Waals surface area contributed by atoms with E-state index in [2.05, 4.69) is 69.9 Å². The van der Waals surface area contributed by atoms with Crippen molar-refractivity contribution in [2.75, 3.05) is 0 Å². The highest BCUT2D eigenvalue weighted by atomic mass is 14.7. The van der Waals surface area contributed by atoms with Crippen molar-refractivity contribution in [2.45, 2.75) is 41.0 Å². The van der Waals surface area contributed by atoms with Crippen molar-refractivity contribution in [1.29, 1.82) is 0 Å². The summed E-state index contributed by atoms with van der Waals surface area (Å²) in [7, 11) is 0. The van der Waals surface area contributed by atoms with Gasteiger partial charge in [0.05, 0.1) is 5.69 Å². The lowest BCUT2D eigenvalue weighted by Crippen LogP contribution is -2.09. The highest BCUT2D eigenvalue weighted by Gasteiger charge is 2.11. The third-order valence-corrected chi connectivity index (χ3v) is 3.22. The summed E-state index contributed by atoms with van der Waals surface area (Å²) in [5, 5.41) is 0. The van der Waals surface area contributed by atoms with Gasteiger partial charge in [-0.1, -0.05) is 50.6 Å². The minimum absolute atomic E-state index is 0.309. The van der Waals surface area contributed by atoms with Crippen LogP contribution in [0.5, 0.6) is 0 Å². The minimum atomic E-state index is 0.309. The summed E-state index contributed by atoms with van der Waals surface area (Å²) in [5.41, 5.74) is 6.49. The number of rotatable bonds is 2. The van der Waals surface area contributed by atoms with Crippen LogP contribution in [0.3, 0.4) is 0 Å². The van der Waals surface area contributed by atoms with Crippen LogP contribution in [0.1, 0.15) is 37.5 Å². The minimum Gasteiger partial charge on any atom is -0.256 e. The molecule has 1 aromatic heterocycles. The Hall–Kier alpha value is -1.63. The molecule has 0 saturated carbocycles. The van der Waals surface area contributed by atoms with E-state index in [0.717, 1.165) is 12.1 Å². The zero-order valence-electron chi connectivity index (χ0n) is 12.6. The predicted molar refractivity (Wildman–Crippen MR) is 82.3 cm³/mol. The van der Waals surface area contributed by atoms with Crippen LogP contribution >= 0.6 is 0 Å². The maximum absolute atomic E-state index is 4.62. The van der Waals surface area contributed by atoms with Crippen molar-refractivity contribution in [1.82, 2.24) is 4.98 Å². The number of hydrogen-bond donors (Lipinski definition) is 0. The molecule has 0 saturated heterocycles. The molecule has 0 aliphatic rings. The molecule has 1 aromatic carbocycles. The third-order valence-electron chi connectivity index (χ3n) is 3.22. The van der Waals surface area contributed by atoms with Crippen LogP contribution < -0.4 is 0 Å². The van der Waals surface area contributed by atoms with Crippen LogP contribution in [-0.2, 0) is 6.42 Å². The lowest BCUT2D eigenvalue weighted by atomic mass is 9.88. The molecule has 0 radical (unpaired) electrons. The number of nitrogens with zero attached hydrogens (tertiary/aromatic N) is 1. The molecule has 0 aliphatic carbocycles. The van der Waals surface area contributed by atoms with E-state index in [9.17, 15) is 0 Å². The van der Waals surface area contributed by atoms with Crippen molar-refractivity contribution in [2.24, 2.45) is 5.41 Å². The second-order valence-electron chi connectivity index (χ2n) is 6.61. The third kappa shape index (κ3) is 3.66. The molecule has 100 valence electrons. The van der Waals surface area contributed by atoms with E-state index >= 15 is 0 Å². The molecule has 1 heteroatoms. The van der Waals surface area contributed by atoms with Gasteiger partial charge in [-0.25, -0.2) is 0 Å². The molecule has 0 bridgehead atoms. The standard InChI is InChI=1S/C18H23N/c1-13-6-8-16(14(2)10-13)17-9-7-15(12-19-17)11-18(3,4)5/h6-10,12H,11H2,1-5H3. The average Bonchev–Trinajstić information content (AvgIpc) is 2.28. The van der Waals surface area contributed by atoms with Gasteiger partial charge in [-0.3, -0.25) is 4.98 Å². The molecule has 0 N–H and O–H groups in total. The van der Waals surface area contributed by atoms with Crippen molar-refractivity contribution in [3.8, 4) is 11.3 Å². The van der Waals surface area contributed by atoms with Gasteiger partial charge in [-0.15, -0.1) is 0 Å². The lowest BCUT2D eigenvalue weighted by Gasteiger charge is -2.18. The summed E-state index contributed by atoms with van der Waals surface area (Å²) in [5.74, 6) is 0. The summed E-state index contributed by atoms with van der Waals surface area (Å²) in [6.07, 6.45) is 3.08. The highest BCUT2D eigenvalue weighted by molar-refractivity contribution is 5.63. The van der Waals surface area contributed by atoms with Crippen LogP contribution in [0.15, 0.2) is 36.5 Å². The Balaban J connectivity index is 2.27. The van der Waals surface area contributed by atoms with Gasteiger partial charge in [0.1, 0.15) is 0 Å². The van der Waals surface area contributed by atoms with Gasteiger partial charge in [-0.2, -0.15) is 0 Å². The quantitative estimate of drug-likeness (QED) is 0.737. The van der Waals surface area contributed by atoms with Gasteiger partial charge in [0, 0.05) is 11.8 Å². The molecule has 2 aromatic rings. The van der Waals surface area contributed by atoms with E-state index < -0.39 is 0 Å². The first-order valence-corrected chi connectivity index (χ1v) is 6.88. The first kappa shape index (κ1) is 13.8. The summed E-state index contributed by atoms with van der Waals surface area (Å²) in [4.78, 5) is 4.62. The van der Waals surface area contributed by atoms with Crippen molar-refractivity contribution < 1.29 is 0 Å². The molecule has 2 rings (SSSR count). The van der Waals surface area contributed by atoms with E-state index in [1.54, 1.807) is 0 Å². The smallest absolute Gasteiger partial charge is 0.0704 e. The molecule has 0 aliphatic heterocycles. The van der Waals surface area contributed by atoms with Gasteiger partial charge in [0.2, 0.25) is 0 Å². The van der Waals surface area contributed by atoms with Crippen LogP contribution in [0.4, 0.5) is 0 Å². The number of aromatic nitrogens is 1. The van der Waals surface area contributed by atoms with Crippen molar-refractivity contribution >= 4 is 0 Å². The lowest BCUT2D eigenvalue weighted by molar-refractivity contribution is 0.411. The van der Waals surface area contributed by atoms with E-state index in [4.69, 9.17) is 0 Å². The molecule has 1 heterocycles.